The molecule has 1 unspecified atom stereocenters. The predicted molar refractivity (Wildman–Crippen MR) is 82.0 cm³/mol. The molecule has 0 aliphatic carbocycles. The van der Waals surface area contributed by atoms with Gasteiger partial charge in [0.15, 0.2) is 0 Å². The summed E-state index contributed by atoms with van der Waals surface area (Å²) in [6.07, 6.45) is 0. The molecule has 0 heterocycles. The number of carbonyl (C=O) groups excluding carboxylic acids is 2. The van der Waals surface area contributed by atoms with E-state index in [1.54, 1.807) is 14.0 Å². The van der Waals surface area contributed by atoms with E-state index in [2.05, 4.69) is 10.2 Å². The van der Waals surface area contributed by atoms with E-state index in [0.717, 1.165) is 6.54 Å². The van der Waals surface area contributed by atoms with Crippen LogP contribution in [0.25, 0.3) is 0 Å². The summed E-state index contributed by atoms with van der Waals surface area (Å²) in [4.78, 5) is 26.3. The van der Waals surface area contributed by atoms with Crippen molar-refractivity contribution in [2.75, 3.05) is 47.0 Å². The van der Waals surface area contributed by atoms with Crippen LogP contribution in [0.15, 0.2) is 0 Å². The Balaban J connectivity index is 4.40. The van der Waals surface area contributed by atoms with Gasteiger partial charge < -0.3 is 19.7 Å². The van der Waals surface area contributed by atoms with E-state index in [4.69, 9.17) is 9.47 Å². The van der Waals surface area contributed by atoms with Gasteiger partial charge in [-0.2, -0.15) is 0 Å². The number of hydrogen-bond donors (Lipinski definition) is 1. The second-order valence-electron chi connectivity index (χ2n) is 6.14. The average molecular weight is 302 g/mol. The smallest absolute Gasteiger partial charge is 0.319 e. The lowest BCUT2D eigenvalue weighted by Crippen LogP contribution is -2.45. The zero-order valence-corrected chi connectivity index (χ0v) is 14.2. The van der Waals surface area contributed by atoms with Crippen molar-refractivity contribution in [3.05, 3.63) is 0 Å². The van der Waals surface area contributed by atoms with Gasteiger partial charge in [0.2, 0.25) is 5.91 Å². The monoisotopic (exact) mass is 302 g/mol. The second kappa shape index (κ2) is 9.73. The van der Waals surface area contributed by atoms with Crippen molar-refractivity contribution in [2.24, 2.45) is 11.3 Å². The molecule has 0 radical (unpaired) electrons. The molecule has 0 aromatic heterocycles. The number of esters is 1. The molecule has 0 aliphatic heterocycles. The normalized spacial score (nSPS) is 13.1. The van der Waals surface area contributed by atoms with Gasteiger partial charge in [-0.05, 0) is 19.4 Å². The topological polar surface area (TPSA) is 67.9 Å². The van der Waals surface area contributed by atoms with E-state index in [1.807, 2.05) is 27.8 Å². The Morgan fingerprint density at radius 3 is 2.33 bits per heavy atom. The number of rotatable bonds is 9. The molecule has 0 saturated carbocycles. The van der Waals surface area contributed by atoms with Crippen molar-refractivity contribution < 1.29 is 19.1 Å². The van der Waals surface area contributed by atoms with E-state index in [0.29, 0.717) is 19.7 Å². The van der Waals surface area contributed by atoms with Crippen molar-refractivity contribution >= 4 is 11.9 Å². The molecule has 0 aliphatic rings. The van der Waals surface area contributed by atoms with Crippen LogP contribution in [-0.4, -0.2) is 63.8 Å². The molecule has 0 saturated heterocycles. The fourth-order valence-corrected chi connectivity index (χ4v) is 1.91. The van der Waals surface area contributed by atoms with Gasteiger partial charge in [-0.1, -0.05) is 20.8 Å². The minimum absolute atomic E-state index is 0.276. The maximum atomic E-state index is 12.2. The summed E-state index contributed by atoms with van der Waals surface area (Å²) in [5, 5.41) is 2.81. The van der Waals surface area contributed by atoms with Crippen LogP contribution >= 0.6 is 0 Å². The van der Waals surface area contributed by atoms with Crippen molar-refractivity contribution in [3.8, 4) is 0 Å². The minimum atomic E-state index is -0.790. The molecule has 6 nitrogen and oxygen atoms in total. The molecule has 0 aromatic carbocycles. The van der Waals surface area contributed by atoms with Crippen molar-refractivity contribution in [1.82, 2.24) is 10.2 Å². The number of nitrogens with one attached hydrogen (secondary N) is 1. The first kappa shape index (κ1) is 19.9. The molecule has 1 atom stereocenters. The Kier molecular flexibility index (Phi) is 9.21. The van der Waals surface area contributed by atoms with Crippen LogP contribution < -0.4 is 5.32 Å². The molecule has 0 bridgehead atoms. The van der Waals surface area contributed by atoms with E-state index >= 15 is 0 Å². The zero-order chi connectivity index (χ0) is 16.5. The first-order chi connectivity index (χ1) is 9.73. The Morgan fingerprint density at radius 1 is 1.24 bits per heavy atom. The third-order valence-electron chi connectivity index (χ3n) is 3.12. The molecule has 6 heteroatoms. The van der Waals surface area contributed by atoms with Crippen LogP contribution in [0.2, 0.25) is 0 Å². The molecule has 1 amide bonds. The summed E-state index contributed by atoms with van der Waals surface area (Å²) in [5.74, 6) is -1.53. The number of likely N-dealkylation sites (N-methyl/N-ethyl adjacent to an activating group) is 1. The third-order valence-corrected chi connectivity index (χ3v) is 3.12. The number of ether oxygens (including phenoxy) is 2. The third kappa shape index (κ3) is 8.02. The van der Waals surface area contributed by atoms with Crippen LogP contribution in [0.4, 0.5) is 0 Å². The number of methoxy groups -OCH3 is 1. The van der Waals surface area contributed by atoms with Crippen LogP contribution in [0.1, 0.15) is 27.7 Å². The fraction of sp³-hybridized carbons (Fsp3) is 0.867. The Morgan fingerprint density at radius 2 is 1.86 bits per heavy atom. The molecular formula is C15H30N2O4. The summed E-state index contributed by atoms with van der Waals surface area (Å²) in [5.41, 5.74) is -0.474. The minimum Gasteiger partial charge on any atom is -0.465 e. The Bertz CT molecular complexity index is 326. The molecule has 21 heavy (non-hydrogen) atoms. The van der Waals surface area contributed by atoms with Crippen molar-refractivity contribution in [2.45, 2.75) is 27.7 Å². The number of carbonyl (C=O) groups is 2. The van der Waals surface area contributed by atoms with Gasteiger partial charge in [0, 0.05) is 26.7 Å². The highest BCUT2D eigenvalue weighted by Gasteiger charge is 2.38. The SMILES string of the molecule is CCOC(=O)C(C(=O)NCCN(C)CCOC)C(C)(C)C. The summed E-state index contributed by atoms with van der Waals surface area (Å²) in [7, 11) is 3.61. The molecule has 0 aromatic rings. The highest BCUT2D eigenvalue weighted by molar-refractivity contribution is 5.98. The lowest BCUT2D eigenvalue weighted by molar-refractivity contribution is -0.156. The van der Waals surface area contributed by atoms with Crippen LogP contribution in [0, 0.1) is 11.3 Å². The van der Waals surface area contributed by atoms with Gasteiger partial charge in [-0.25, -0.2) is 0 Å². The van der Waals surface area contributed by atoms with E-state index in [9.17, 15) is 9.59 Å². The standard InChI is InChI=1S/C15H30N2O4/c1-7-21-14(19)12(15(2,3)4)13(18)16-8-9-17(5)10-11-20-6/h12H,7-11H2,1-6H3,(H,16,18). The summed E-state index contributed by atoms with van der Waals surface area (Å²) < 4.78 is 10.00. The van der Waals surface area contributed by atoms with E-state index in [1.165, 1.54) is 0 Å². The second-order valence-corrected chi connectivity index (χ2v) is 6.14. The molecule has 0 rings (SSSR count). The molecule has 124 valence electrons. The Hall–Kier alpha value is -1.14. The van der Waals surface area contributed by atoms with Crippen LogP contribution in [0.3, 0.4) is 0 Å². The van der Waals surface area contributed by atoms with E-state index < -0.39 is 17.3 Å². The predicted octanol–water partition coefficient (Wildman–Crippen LogP) is 0.906. The fourth-order valence-electron chi connectivity index (χ4n) is 1.91. The van der Waals surface area contributed by atoms with Crippen molar-refractivity contribution in [3.63, 3.8) is 0 Å². The highest BCUT2D eigenvalue weighted by Crippen LogP contribution is 2.27. The van der Waals surface area contributed by atoms with Gasteiger partial charge >= 0.3 is 5.97 Å². The summed E-state index contributed by atoms with van der Waals surface area (Å²) in [6, 6.07) is 0. The van der Waals surface area contributed by atoms with Crippen molar-refractivity contribution in [1.29, 1.82) is 0 Å². The van der Waals surface area contributed by atoms with Crippen LogP contribution in [-0.2, 0) is 19.1 Å². The molecule has 1 N–H and O–H groups in total. The lowest BCUT2D eigenvalue weighted by Gasteiger charge is -2.28. The average Bonchev–Trinajstić information content (AvgIpc) is 2.35. The maximum absolute atomic E-state index is 12.2. The lowest BCUT2D eigenvalue weighted by atomic mass is 9.80. The van der Waals surface area contributed by atoms with Gasteiger partial charge in [-0.15, -0.1) is 0 Å². The largest absolute Gasteiger partial charge is 0.465 e. The molecular weight excluding hydrogens is 272 g/mol. The molecule has 0 spiro atoms. The summed E-state index contributed by atoms with van der Waals surface area (Å²) >= 11 is 0. The number of amides is 1. The zero-order valence-electron chi connectivity index (χ0n) is 14.2. The van der Waals surface area contributed by atoms with Gasteiger partial charge in [0.05, 0.1) is 13.2 Å². The molecule has 0 fully saturated rings. The number of hydrogen-bond acceptors (Lipinski definition) is 5. The first-order valence-corrected chi connectivity index (χ1v) is 7.35. The first-order valence-electron chi connectivity index (χ1n) is 7.35. The van der Waals surface area contributed by atoms with E-state index in [-0.39, 0.29) is 12.5 Å². The Labute approximate surface area is 128 Å². The number of nitrogens with zero attached hydrogens (tertiary/aromatic N) is 1. The van der Waals surface area contributed by atoms with Gasteiger partial charge in [-0.3, -0.25) is 9.59 Å². The highest BCUT2D eigenvalue weighted by atomic mass is 16.5. The maximum Gasteiger partial charge on any atom is 0.319 e. The van der Waals surface area contributed by atoms with Crippen LogP contribution in [0.5, 0.6) is 0 Å². The van der Waals surface area contributed by atoms with Gasteiger partial charge in [0.1, 0.15) is 5.92 Å². The quantitative estimate of drug-likeness (QED) is 0.506. The summed E-state index contributed by atoms with van der Waals surface area (Å²) in [6.45, 7) is 10.2. The van der Waals surface area contributed by atoms with Gasteiger partial charge in [0.25, 0.3) is 0 Å².